The zero-order valence-electron chi connectivity index (χ0n) is 35.5. The van der Waals surface area contributed by atoms with Gasteiger partial charge in [-0.1, -0.05) is 65.5 Å². The lowest BCUT2D eigenvalue weighted by molar-refractivity contribution is -0.121. The molecule has 4 aliphatic carbocycles. The summed E-state index contributed by atoms with van der Waals surface area (Å²) >= 11 is 1.83. The Morgan fingerprint density at radius 3 is 2.33 bits per heavy atom. The molecule has 8 atom stereocenters. The third kappa shape index (κ3) is 13.0. The van der Waals surface area contributed by atoms with Gasteiger partial charge in [-0.25, -0.2) is 0 Å². The maximum atomic E-state index is 12.5. The molecule has 0 radical (unpaired) electrons. The van der Waals surface area contributed by atoms with Crippen molar-refractivity contribution in [3.63, 3.8) is 0 Å². The van der Waals surface area contributed by atoms with Gasteiger partial charge in [-0.3, -0.25) is 14.6 Å². The Labute approximate surface area is 339 Å². The van der Waals surface area contributed by atoms with Crippen LogP contribution in [0.3, 0.4) is 0 Å². The quantitative estimate of drug-likeness (QED) is 0.0684. The minimum atomic E-state index is 0.249. The van der Waals surface area contributed by atoms with Crippen molar-refractivity contribution in [2.24, 2.45) is 46.3 Å². The maximum absolute atomic E-state index is 12.5. The molecule has 3 saturated carbocycles. The van der Waals surface area contributed by atoms with E-state index in [9.17, 15) is 9.59 Å². The van der Waals surface area contributed by atoms with Gasteiger partial charge < -0.3 is 14.2 Å². The summed E-state index contributed by atoms with van der Waals surface area (Å²) in [5.41, 5.74) is 3.88. The van der Waals surface area contributed by atoms with Crippen LogP contribution in [-0.4, -0.2) is 67.2 Å². The van der Waals surface area contributed by atoms with Gasteiger partial charge in [-0.05, 0) is 140 Å². The third-order valence-corrected chi connectivity index (χ3v) is 15.7. The third-order valence-electron chi connectivity index (χ3n) is 14.7. The number of rotatable bonds is 26. The molecule has 55 heavy (non-hydrogen) atoms. The second-order valence-electron chi connectivity index (χ2n) is 18.8. The van der Waals surface area contributed by atoms with Gasteiger partial charge in [0.15, 0.2) is 0 Å². The van der Waals surface area contributed by atoms with E-state index in [2.05, 4.69) is 45.7 Å². The number of aromatic nitrogens is 1. The molecule has 0 bridgehead atoms. The summed E-state index contributed by atoms with van der Waals surface area (Å²) < 4.78 is 17.7. The molecule has 0 N–H and O–H groups in total. The fourth-order valence-electron chi connectivity index (χ4n) is 11.5. The van der Waals surface area contributed by atoms with Crippen LogP contribution in [0.5, 0.6) is 0 Å². The van der Waals surface area contributed by atoms with E-state index in [1.54, 1.807) is 5.57 Å². The number of aryl methyl sites for hydroxylation is 1. The van der Waals surface area contributed by atoms with Gasteiger partial charge in [0.1, 0.15) is 11.6 Å². The summed E-state index contributed by atoms with van der Waals surface area (Å²) in [5.74, 6) is 7.70. The Hall–Kier alpha value is -1.54. The lowest BCUT2D eigenvalue weighted by Crippen LogP contribution is -2.51. The molecule has 3 unspecified atom stereocenters. The zero-order chi connectivity index (χ0) is 39.1. The summed E-state index contributed by atoms with van der Waals surface area (Å²) in [5, 5.41) is 0. The van der Waals surface area contributed by atoms with Crippen LogP contribution in [-0.2, 0) is 30.2 Å². The summed E-state index contributed by atoms with van der Waals surface area (Å²) in [4.78, 5) is 28.7. The molecule has 7 heteroatoms. The number of allylic oxidation sites excluding steroid dienone is 1. The summed E-state index contributed by atoms with van der Waals surface area (Å²) in [6, 6.07) is 4.09. The minimum Gasteiger partial charge on any atom is -0.379 e. The van der Waals surface area contributed by atoms with Crippen LogP contribution < -0.4 is 0 Å². The van der Waals surface area contributed by atoms with Crippen LogP contribution in [0.25, 0.3) is 0 Å². The SMILES string of the molecule is CC(C)CCC[C@@H](C)[C@H]1CCC2C3CC=C4C[C@@H](OCCCC(=O)CCOCCOCCCC(=O)CCSCCc5ccncc5)CC[C@]4(C)C3CC[C@@]21C. The maximum Gasteiger partial charge on any atom is 0.135 e. The van der Waals surface area contributed by atoms with Crippen LogP contribution in [0.15, 0.2) is 36.2 Å². The minimum absolute atomic E-state index is 0.249. The Bertz CT molecular complexity index is 1330. The van der Waals surface area contributed by atoms with Gasteiger partial charge in [0.2, 0.25) is 0 Å². The highest BCUT2D eigenvalue weighted by molar-refractivity contribution is 7.99. The molecule has 1 aromatic rings. The van der Waals surface area contributed by atoms with E-state index in [1.807, 2.05) is 36.3 Å². The standard InChI is InChI=1S/C48H77NO5S/c1-36(2)9-6-10-37(3)44-15-16-45-43-14-13-39-35-42(17-24-47(39,4)46(43)18-25-48(44,45)5)54-29-8-12-40(50)21-30-53-32-31-52-28-7-11-41(51)23-34-55-33-22-38-19-26-49-27-20-38/h13,19-20,26-27,36-37,42-46H,6-12,14-18,21-25,28-35H2,1-5H3/t37-,42+,43?,44-,45?,46?,47+,48-/m1/s1. The largest absolute Gasteiger partial charge is 0.379 e. The molecule has 1 aromatic heterocycles. The lowest BCUT2D eigenvalue weighted by Gasteiger charge is -2.58. The monoisotopic (exact) mass is 780 g/mol. The Morgan fingerprint density at radius 1 is 0.800 bits per heavy atom. The smallest absolute Gasteiger partial charge is 0.135 e. The Balaban J connectivity index is 0.870. The highest BCUT2D eigenvalue weighted by atomic mass is 32.2. The lowest BCUT2D eigenvalue weighted by atomic mass is 9.47. The molecule has 6 nitrogen and oxygen atoms in total. The fraction of sp³-hybridized carbons (Fsp3) is 0.812. The first kappa shape index (κ1) is 44.6. The van der Waals surface area contributed by atoms with Crippen molar-refractivity contribution in [1.29, 1.82) is 0 Å². The van der Waals surface area contributed by atoms with Crippen molar-refractivity contribution < 1.29 is 23.8 Å². The van der Waals surface area contributed by atoms with Crippen LogP contribution in [0.1, 0.15) is 149 Å². The zero-order valence-corrected chi connectivity index (χ0v) is 36.3. The molecule has 310 valence electrons. The van der Waals surface area contributed by atoms with Crippen molar-refractivity contribution in [3.05, 3.63) is 41.7 Å². The molecule has 0 amide bonds. The molecule has 0 spiro atoms. The van der Waals surface area contributed by atoms with Crippen molar-refractivity contribution in [2.75, 3.05) is 44.5 Å². The average molecular weight is 780 g/mol. The van der Waals surface area contributed by atoms with Crippen molar-refractivity contribution in [3.8, 4) is 0 Å². The summed E-state index contributed by atoms with van der Waals surface area (Å²) in [6.45, 7) is 15.3. The highest BCUT2D eigenvalue weighted by Gasteiger charge is 2.59. The van der Waals surface area contributed by atoms with Crippen LogP contribution in [0, 0.1) is 46.3 Å². The van der Waals surface area contributed by atoms with Crippen LogP contribution >= 0.6 is 11.8 Å². The topological polar surface area (TPSA) is 74.7 Å². The van der Waals surface area contributed by atoms with E-state index in [4.69, 9.17) is 14.2 Å². The molecule has 0 saturated heterocycles. The van der Waals surface area contributed by atoms with Crippen LogP contribution in [0.4, 0.5) is 0 Å². The van der Waals surface area contributed by atoms with E-state index in [0.29, 0.717) is 81.4 Å². The fourth-order valence-corrected chi connectivity index (χ4v) is 12.4. The van der Waals surface area contributed by atoms with Gasteiger partial charge in [-0.2, -0.15) is 11.8 Å². The number of hydrogen-bond donors (Lipinski definition) is 0. The first-order valence-electron chi connectivity index (χ1n) is 22.6. The van der Waals surface area contributed by atoms with Gasteiger partial charge in [0.25, 0.3) is 0 Å². The van der Waals surface area contributed by atoms with E-state index in [1.165, 1.54) is 63.4 Å². The molecule has 3 fully saturated rings. The van der Waals surface area contributed by atoms with Crippen LogP contribution in [0.2, 0.25) is 0 Å². The Kier molecular flexibility index (Phi) is 18.3. The number of hydrogen-bond acceptors (Lipinski definition) is 7. The molecular weight excluding hydrogens is 703 g/mol. The van der Waals surface area contributed by atoms with Gasteiger partial charge in [-0.15, -0.1) is 0 Å². The van der Waals surface area contributed by atoms with E-state index < -0.39 is 0 Å². The van der Waals surface area contributed by atoms with Gasteiger partial charge in [0, 0.05) is 57.0 Å². The number of thioether (sulfide) groups is 1. The van der Waals surface area contributed by atoms with Gasteiger partial charge >= 0.3 is 0 Å². The number of Topliss-reactive ketones (excluding diaryl/α,β-unsaturated/α-hetero) is 2. The molecule has 5 rings (SSSR count). The summed E-state index contributed by atoms with van der Waals surface area (Å²) in [6.07, 6.45) is 26.2. The second kappa shape index (κ2) is 22.6. The number of pyridine rings is 1. The number of carbonyl (C=O) groups is 2. The molecule has 4 aliphatic rings. The van der Waals surface area contributed by atoms with Crippen molar-refractivity contribution in [1.82, 2.24) is 4.98 Å². The number of nitrogens with zero attached hydrogens (tertiary/aromatic N) is 1. The molecular formula is C48H77NO5S. The molecule has 0 aromatic carbocycles. The average Bonchev–Trinajstić information content (AvgIpc) is 3.53. The van der Waals surface area contributed by atoms with E-state index in [-0.39, 0.29) is 5.78 Å². The van der Waals surface area contributed by atoms with Crippen molar-refractivity contribution in [2.45, 2.75) is 156 Å². The van der Waals surface area contributed by atoms with E-state index in [0.717, 1.165) is 79.1 Å². The number of ketones is 2. The first-order chi connectivity index (χ1) is 26.6. The van der Waals surface area contributed by atoms with Crippen molar-refractivity contribution >= 4 is 23.3 Å². The Morgan fingerprint density at radius 2 is 1.55 bits per heavy atom. The first-order valence-corrected chi connectivity index (χ1v) is 23.7. The molecule has 1 heterocycles. The highest BCUT2D eigenvalue weighted by Crippen LogP contribution is 2.67. The van der Waals surface area contributed by atoms with Gasteiger partial charge in [0.05, 0.1) is 25.9 Å². The normalized spacial score (nSPS) is 29.3. The second-order valence-corrected chi connectivity index (χ2v) is 20.0. The molecule has 0 aliphatic heterocycles. The predicted octanol–water partition coefficient (Wildman–Crippen LogP) is 11.3. The number of ether oxygens (including phenoxy) is 3. The summed E-state index contributed by atoms with van der Waals surface area (Å²) in [7, 11) is 0. The van der Waals surface area contributed by atoms with E-state index >= 15 is 0 Å². The number of fused-ring (bicyclic) bond motifs is 5. The predicted molar refractivity (Wildman–Crippen MR) is 227 cm³/mol. The number of carbonyl (C=O) groups excluding carboxylic acids is 2.